The molecule has 0 fully saturated rings. The molecule has 0 aliphatic heterocycles. The van der Waals surface area contributed by atoms with E-state index < -0.39 is 36.8 Å². The summed E-state index contributed by atoms with van der Waals surface area (Å²) in [6.45, 7) is 4.81. The fourth-order valence-electron chi connectivity index (χ4n) is 3.48. The molecule has 0 aliphatic rings. The minimum absolute atomic E-state index is 0.0740. The third-order valence-corrected chi connectivity index (χ3v) is 5.61. The van der Waals surface area contributed by atoms with Crippen LogP contribution in [0.15, 0.2) is 36.5 Å². The molecule has 1 aromatic carbocycles. The van der Waals surface area contributed by atoms with Crippen molar-refractivity contribution in [3.8, 4) is 11.5 Å². The van der Waals surface area contributed by atoms with Crippen LogP contribution in [0.3, 0.4) is 0 Å². The Kier molecular flexibility index (Phi) is 13.1. The molecule has 214 valence electrons. The smallest absolute Gasteiger partial charge is 0.334 e. The van der Waals surface area contributed by atoms with Gasteiger partial charge in [0.25, 0.3) is 5.91 Å². The fraction of sp³-hybridized carbons (Fsp3) is 0.481. The number of hydrogen-bond donors (Lipinski definition) is 1. The number of benzene rings is 1. The topological polar surface area (TPSA) is 132 Å². The van der Waals surface area contributed by atoms with Crippen LogP contribution in [0.25, 0.3) is 0 Å². The third-order valence-electron chi connectivity index (χ3n) is 5.61. The van der Waals surface area contributed by atoms with Crippen LogP contribution in [-0.4, -0.2) is 75.8 Å². The third kappa shape index (κ3) is 10.1. The lowest BCUT2D eigenvalue weighted by Crippen LogP contribution is -2.42. The van der Waals surface area contributed by atoms with Gasteiger partial charge in [-0.25, -0.2) is 19.0 Å². The maximum atomic E-state index is 13.2. The summed E-state index contributed by atoms with van der Waals surface area (Å²) < 4.78 is 44.7. The number of pyridine rings is 1. The van der Waals surface area contributed by atoms with Crippen LogP contribution in [0.5, 0.6) is 11.5 Å². The molecular weight excluding hydrogens is 515 g/mol. The molecule has 0 saturated heterocycles. The number of ether oxygens (including phenoxy) is 6. The van der Waals surface area contributed by atoms with Crippen molar-refractivity contribution in [1.29, 1.82) is 0 Å². The molecule has 1 heterocycles. The number of halogens is 1. The van der Waals surface area contributed by atoms with Gasteiger partial charge in [-0.05, 0) is 44.9 Å². The van der Waals surface area contributed by atoms with Gasteiger partial charge in [0.2, 0.25) is 6.79 Å². The van der Waals surface area contributed by atoms with Gasteiger partial charge in [-0.2, -0.15) is 0 Å². The molecular formula is C27H35FN2O9. The van der Waals surface area contributed by atoms with E-state index in [0.29, 0.717) is 19.6 Å². The lowest BCUT2D eigenvalue weighted by Gasteiger charge is -2.25. The number of esters is 2. The summed E-state index contributed by atoms with van der Waals surface area (Å²) >= 11 is 0. The van der Waals surface area contributed by atoms with Gasteiger partial charge in [0.1, 0.15) is 24.6 Å². The van der Waals surface area contributed by atoms with E-state index in [1.165, 1.54) is 45.5 Å². The SMILES string of the molecule is CCOCC(=O)OCOc1c(OC)ccnc1C(=O)N[C@@H](C)C(=O)O[C@@H](C)[C@@H](COC)Cc1ccc(F)cc1. The highest BCUT2D eigenvalue weighted by Gasteiger charge is 2.27. The molecule has 0 saturated carbocycles. The first-order valence-electron chi connectivity index (χ1n) is 12.3. The number of aromatic nitrogens is 1. The maximum absolute atomic E-state index is 13.2. The summed E-state index contributed by atoms with van der Waals surface area (Å²) in [5.74, 6) is -2.52. The van der Waals surface area contributed by atoms with Crippen molar-refractivity contribution in [1.82, 2.24) is 10.3 Å². The average Bonchev–Trinajstić information content (AvgIpc) is 2.92. The van der Waals surface area contributed by atoms with Crippen molar-refractivity contribution in [2.24, 2.45) is 5.92 Å². The number of carbonyl (C=O) groups is 3. The van der Waals surface area contributed by atoms with Crippen LogP contribution in [-0.2, 0) is 35.0 Å². The Morgan fingerprint density at radius 3 is 2.44 bits per heavy atom. The molecule has 0 spiro atoms. The first kappa shape index (κ1) is 31.4. The number of nitrogens with one attached hydrogen (secondary N) is 1. The van der Waals surface area contributed by atoms with Crippen LogP contribution in [0.1, 0.15) is 36.8 Å². The van der Waals surface area contributed by atoms with Gasteiger partial charge in [-0.1, -0.05) is 12.1 Å². The largest absolute Gasteiger partial charge is 0.493 e. The van der Waals surface area contributed by atoms with Gasteiger partial charge in [0, 0.05) is 31.9 Å². The molecule has 3 atom stereocenters. The molecule has 0 radical (unpaired) electrons. The number of amides is 1. The lowest BCUT2D eigenvalue weighted by molar-refractivity contribution is -0.155. The zero-order chi connectivity index (χ0) is 28.8. The Morgan fingerprint density at radius 1 is 1.08 bits per heavy atom. The minimum Gasteiger partial charge on any atom is -0.493 e. The maximum Gasteiger partial charge on any atom is 0.334 e. The summed E-state index contributed by atoms with van der Waals surface area (Å²) in [7, 11) is 2.91. The second kappa shape index (κ2) is 16.2. The molecule has 12 heteroatoms. The van der Waals surface area contributed by atoms with Crippen molar-refractivity contribution in [3.63, 3.8) is 0 Å². The Balaban J connectivity index is 2.02. The standard InChI is InChI=1S/C27H35FN2O9/c1-6-36-15-23(31)37-16-38-25-22(35-5)11-12-29-24(25)26(32)30-17(2)27(33)39-18(3)20(14-34-4)13-19-7-9-21(28)10-8-19/h7-12,17-18,20H,6,13-16H2,1-5H3,(H,30,32)/t17-,18-,20+/m0/s1. The van der Waals surface area contributed by atoms with E-state index in [9.17, 15) is 18.8 Å². The van der Waals surface area contributed by atoms with E-state index in [2.05, 4.69) is 10.3 Å². The zero-order valence-corrected chi connectivity index (χ0v) is 22.7. The zero-order valence-electron chi connectivity index (χ0n) is 22.7. The molecule has 1 aromatic heterocycles. The van der Waals surface area contributed by atoms with Gasteiger partial charge in [0.05, 0.1) is 13.7 Å². The Morgan fingerprint density at radius 2 is 1.79 bits per heavy atom. The number of nitrogens with zero attached hydrogens (tertiary/aromatic N) is 1. The summed E-state index contributed by atoms with van der Waals surface area (Å²) in [5, 5.41) is 2.53. The molecule has 1 N–H and O–H groups in total. The van der Waals surface area contributed by atoms with Crippen LogP contribution >= 0.6 is 0 Å². The molecule has 1 amide bonds. The van der Waals surface area contributed by atoms with E-state index in [-0.39, 0.29) is 35.5 Å². The molecule has 2 rings (SSSR count). The summed E-state index contributed by atoms with van der Waals surface area (Å²) in [5.41, 5.74) is 0.680. The van der Waals surface area contributed by atoms with Gasteiger partial charge >= 0.3 is 11.9 Å². The van der Waals surface area contributed by atoms with Gasteiger partial charge in [-0.3, -0.25) is 4.79 Å². The summed E-state index contributed by atoms with van der Waals surface area (Å²) in [6.07, 6.45) is 1.26. The fourth-order valence-corrected chi connectivity index (χ4v) is 3.48. The van der Waals surface area contributed by atoms with E-state index in [1.54, 1.807) is 26.0 Å². The van der Waals surface area contributed by atoms with Crippen molar-refractivity contribution in [3.05, 3.63) is 53.6 Å². The minimum atomic E-state index is -1.04. The second-order valence-corrected chi connectivity index (χ2v) is 8.49. The van der Waals surface area contributed by atoms with Gasteiger partial charge < -0.3 is 33.7 Å². The number of rotatable bonds is 16. The van der Waals surface area contributed by atoms with E-state index in [1.807, 2.05) is 0 Å². The van der Waals surface area contributed by atoms with E-state index in [4.69, 9.17) is 28.4 Å². The molecule has 0 bridgehead atoms. The molecule has 0 aliphatic carbocycles. The lowest BCUT2D eigenvalue weighted by atomic mass is 9.95. The Bertz CT molecular complexity index is 1080. The highest BCUT2D eigenvalue weighted by atomic mass is 19.1. The number of hydrogen-bond acceptors (Lipinski definition) is 10. The van der Waals surface area contributed by atoms with Crippen molar-refractivity contribution in [2.45, 2.75) is 39.3 Å². The summed E-state index contributed by atoms with van der Waals surface area (Å²) in [6, 6.07) is 6.47. The predicted octanol–water partition coefficient (Wildman–Crippen LogP) is 2.70. The van der Waals surface area contributed by atoms with Gasteiger partial charge in [0.15, 0.2) is 17.2 Å². The van der Waals surface area contributed by atoms with E-state index in [0.717, 1.165) is 5.56 Å². The first-order valence-corrected chi connectivity index (χ1v) is 12.3. The van der Waals surface area contributed by atoms with Crippen LogP contribution < -0.4 is 14.8 Å². The number of carbonyl (C=O) groups excluding carboxylic acids is 3. The normalized spacial score (nSPS) is 13.1. The van der Waals surface area contributed by atoms with Crippen LogP contribution in [0.2, 0.25) is 0 Å². The molecule has 11 nitrogen and oxygen atoms in total. The predicted molar refractivity (Wildman–Crippen MR) is 137 cm³/mol. The Hall–Kier alpha value is -3.77. The molecule has 39 heavy (non-hydrogen) atoms. The van der Waals surface area contributed by atoms with Crippen molar-refractivity contribution >= 4 is 17.8 Å². The van der Waals surface area contributed by atoms with Crippen LogP contribution in [0, 0.1) is 11.7 Å². The number of methoxy groups -OCH3 is 2. The first-order chi connectivity index (χ1) is 18.7. The highest BCUT2D eigenvalue weighted by molar-refractivity contribution is 5.98. The molecule has 0 unspecified atom stereocenters. The van der Waals surface area contributed by atoms with Crippen molar-refractivity contribution < 1.29 is 47.2 Å². The van der Waals surface area contributed by atoms with Crippen molar-refractivity contribution in [2.75, 3.05) is 40.8 Å². The summed E-state index contributed by atoms with van der Waals surface area (Å²) in [4.78, 5) is 41.5. The average molecular weight is 551 g/mol. The monoisotopic (exact) mass is 550 g/mol. The highest BCUT2D eigenvalue weighted by Crippen LogP contribution is 2.29. The quantitative estimate of drug-likeness (QED) is 0.246. The second-order valence-electron chi connectivity index (χ2n) is 8.49. The van der Waals surface area contributed by atoms with Crippen LogP contribution in [0.4, 0.5) is 4.39 Å². The Labute approximate surface area is 226 Å². The molecule has 2 aromatic rings. The van der Waals surface area contributed by atoms with E-state index >= 15 is 0 Å². The van der Waals surface area contributed by atoms with Gasteiger partial charge in [-0.15, -0.1) is 0 Å².